The van der Waals surface area contributed by atoms with Crippen molar-refractivity contribution in [2.75, 3.05) is 19.6 Å². The summed E-state index contributed by atoms with van der Waals surface area (Å²) in [4.78, 5) is 27.5. The van der Waals surface area contributed by atoms with Gasteiger partial charge in [-0.3, -0.25) is 9.59 Å². The third-order valence-corrected chi connectivity index (χ3v) is 6.71. The van der Waals surface area contributed by atoms with E-state index in [1.165, 1.54) is 0 Å². The first kappa shape index (κ1) is 26.0. The van der Waals surface area contributed by atoms with E-state index in [1.54, 1.807) is 12.1 Å². The highest BCUT2D eigenvalue weighted by atomic mass is 35.5. The fourth-order valence-electron chi connectivity index (χ4n) is 4.47. The smallest absolute Gasteiger partial charge is 0.273 e. The van der Waals surface area contributed by atoms with Gasteiger partial charge in [0.2, 0.25) is 5.91 Å². The minimum atomic E-state index is -0.309. The molecule has 2 heterocycles. The number of phenols is 1. The molecule has 1 aromatic carbocycles. The molecule has 1 saturated heterocycles. The number of rotatable bonds is 8. The molecule has 2 fully saturated rings. The van der Waals surface area contributed by atoms with Crippen LogP contribution in [-0.4, -0.2) is 52.7 Å². The highest BCUT2D eigenvalue weighted by molar-refractivity contribution is 5.92. The number of nitrogens with zero attached hydrogens (tertiary/aromatic N) is 2. The van der Waals surface area contributed by atoms with E-state index in [0.717, 1.165) is 29.7 Å². The lowest BCUT2D eigenvalue weighted by atomic mass is 9.93. The molecule has 9 heteroatoms. The van der Waals surface area contributed by atoms with Crippen LogP contribution in [0.4, 0.5) is 0 Å². The summed E-state index contributed by atoms with van der Waals surface area (Å²) in [7, 11) is 0. The molecular weight excluding hydrogens is 456 g/mol. The van der Waals surface area contributed by atoms with Gasteiger partial charge in [0, 0.05) is 37.7 Å². The Balaban J connectivity index is 0.00000324. The molecule has 34 heavy (non-hydrogen) atoms. The summed E-state index contributed by atoms with van der Waals surface area (Å²) in [6.07, 6.45) is 4.12. The van der Waals surface area contributed by atoms with Crippen molar-refractivity contribution in [3.63, 3.8) is 0 Å². The van der Waals surface area contributed by atoms with Crippen molar-refractivity contribution in [1.29, 1.82) is 0 Å². The van der Waals surface area contributed by atoms with E-state index in [0.29, 0.717) is 44.0 Å². The minimum absolute atomic E-state index is 0. The predicted molar refractivity (Wildman–Crippen MR) is 131 cm³/mol. The topological polar surface area (TPSA) is 122 Å². The number of benzene rings is 1. The Hall–Kier alpha value is -2.58. The molecule has 2 aliphatic rings. The van der Waals surface area contributed by atoms with Crippen molar-refractivity contribution >= 4 is 24.2 Å². The fourth-order valence-corrected chi connectivity index (χ4v) is 4.47. The Morgan fingerprint density at radius 2 is 1.91 bits per heavy atom. The molecule has 186 valence electrons. The molecule has 0 bridgehead atoms. The predicted octanol–water partition coefficient (Wildman–Crippen LogP) is 3.34. The zero-order valence-corrected chi connectivity index (χ0v) is 20.6. The van der Waals surface area contributed by atoms with E-state index in [1.807, 2.05) is 30.9 Å². The first-order valence-electron chi connectivity index (χ1n) is 11.9. The maximum atomic E-state index is 13.1. The molecule has 2 aromatic rings. The maximum Gasteiger partial charge on any atom is 0.273 e. The highest BCUT2D eigenvalue weighted by Crippen LogP contribution is 2.40. The molecule has 4 N–H and O–H groups in total. The van der Waals surface area contributed by atoms with Crippen molar-refractivity contribution < 1.29 is 19.2 Å². The first-order valence-corrected chi connectivity index (χ1v) is 11.9. The minimum Gasteiger partial charge on any atom is -0.508 e. The number of halogens is 1. The van der Waals surface area contributed by atoms with Gasteiger partial charge in [-0.05, 0) is 55.2 Å². The second-order valence-corrected chi connectivity index (χ2v) is 9.65. The summed E-state index contributed by atoms with van der Waals surface area (Å²) in [5, 5.41) is 17.0. The molecule has 1 saturated carbocycles. The van der Waals surface area contributed by atoms with Gasteiger partial charge in [-0.15, -0.1) is 12.4 Å². The number of carbonyl (C=O) groups is 2. The number of nitrogens with one attached hydrogen (secondary N) is 1. The van der Waals surface area contributed by atoms with Crippen molar-refractivity contribution in [2.24, 2.45) is 11.7 Å². The van der Waals surface area contributed by atoms with Crippen LogP contribution in [0.2, 0.25) is 0 Å². The number of amides is 2. The Morgan fingerprint density at radius 3 is 2.53 bits per heavy atom. The molecule has 4 rings (SSSR count). The second-order valence-electron chi connectivity index (χ2n) is 9.65. The highest BCUT2D eigenvalue weighted by Gasteiger charge is 2.31. The van der Waals surface area contributed by atoms with Crippen molar-refractivity contribution in [2.45, 2.75) is 63.8 Å². The van der Waals surface area contributed by atoms with Crippen LogP contribution in [0.15, 0.2) is 28.8 Å². The van der Waals surface area contributed by atoms with Crippen LogP contribution in [0.1, 0.15) is 78.7 Å². The number of hydrogen-bond donors (Lipinski definition) is 3. The van der Waals surface area contributed by atoms with Gasteiger partial charge >= 0.3 is 0 Å². The molecule has 0 spiro atoms. The average molecular weight is 491 g/mol. The van der Waals surface area contributed by atoms with Gasteiger partial charge in [0.15, 0.2) is 5.69 Å². The number of piperidine rings is 1. The lowest BCUT2D eigenvalue weighted by Gasteiger charge is -2.34. The molecule has 1 aliphatic carbocycles. The fraction of sp³-hybridized carbons (Fsp3) is 0.560. The third-order valence-electron chi connectivity index (χ3n) is 6.71. The van der Waals surface area contributed by atoms with E-state index in [4.69, 9.17) is 10.3 Å². The van der Waals surface area contributed by atoms with Crippen LogP contribution < -0.4 is 11.1 Å². The van der Waals surface area contributed by atoms with E-state index >= 15 is 0 Å². The SMILES string of the molecule is CC(C)c1cc(C[C@@H](CN)C(=O)N2CCC(NC(=O)c3cc(C4CC4)on3)CC2)ccc1O.Cl. The molecule has 2 amide bonds. The summed E-state index contributed by atoms with van der Waals surface area (Å²) in [6.45, 7) is 5.49. The summed E-state index contributed by atoms with van der Waals surface area (Å²) in [6, 6.07) is 7.27. The van der Waals surface area contributed by atoms with E-state index in [2.05, 4.69) is 10.5 Å². The van der Waals surface area contributed by atoms with Crippen molar-refractivity contribution in [3.8, 4) is 5.75 Å². The van der Waals surface area contributed by atoms with Crippen molar-refractivity contribution in [3.05, 3.63) is 46.8 Å². The lowest BCUT2D eigenvalue weighted by molar-refractivity contribution is -0.136. The van der Waals surface area contributed by atoms with Crippen LogP contribution in [0, 0.1) is 5.92 Å². The average Bonchev–Trinajstić information content (AvgIpc) is 3.54. The van der Waals surface area contributed by atoms with E-state index < -0.39 is 0 Å². The van der Waals surface area contributed by atoms with Crippen molar-refractivity contribution in [1.82, 2.24) is 15.4 Å². The maximum absolute atomic E-state index is 13.1. The van der Waals surface area contributed by atoms with Gasteiger partial charge in [-0.1, -0.05) is 31.1 Å². The van der Waals surface area contributed by atoms with Crippen LogP contribution >= 0.6 is 12.4 Å². The summed E-state index contributed by atoms with van der Waals surface area (Å²) in [5.74, 6) is 1.21. The van der Waals surface area contributed by atoms with Crippen LogP contribution in [0.5, 0.6) is 5.75 Å². The zero-order valence-electron chi connectivity index (χ0n) is 19.8. The lowest BCUT2D eigenvalue weighted by Crippen LogP contribution is -2.49. The van der Waals surface area contributed by atoms with Crippen LogP contribution in [0.25, 0.3) is 0 Å². The molecule has 1 aromatic heterocycles. The number of aromatic hydroxyl groups is 1. The van der Waals surface area contributed by atoms with Gasteiger partial charge in [0.1, 0.15) is 11.5 Å². The number of nitrogens with two attached hydrogens (primary N) is 1. The number of likely N-dealkylation sites (tertiary alicyclic amines) is 1. The molecule has 8 nitrogen and oxygen atoms in total. The summed E-state index contributed by atoms with van der Waals surface area (Å²) < 4.78 is 5.27. The summed E-state index contributed by atoms with van der Waals surface area (Å²) >= 11 is 0. The first-order chi connectivity index (χ1) is 15.9. The number of carbonyl (C=O) groups excluding carboxylic acids is 2. The quantitative estimate of drug-likeness (QED) is 0.521. The second kappa shape index (κ2) is 11.2. The Bertz CT molecular complexity index is 997. The molecule has 0 radical (unpaired) electrons. The van der Waals surface area contributed by atoms with Crippen LogP contribution in [0.3, 0.4) is 0 Å². The summed E-state index contributed by atoms with van der Waals surface area (Å²) in [5.41, 5.74) is 8.18. The number of aromatic nitrogens is 1. The standard InChI is InChI=1S/C25H34N4O4.ClH/c1-15(2)20-12-16(3-6-22(20)30)11-18(14-26)25(32)29-9-7-19(8-10-29)27-24(31)21-13-23(33-28-21)17-4-5-17;/h3,6,12-13,15,17-19,30H,4-5,7-11,14,26H2,1-2H3,(H,27,31);1H/t18-;/m0./s1. The number of phenolic OH excluding ortho intramolecular Hbond substituents is 1. The Labute approximate surface area is 206 Å². The molecule has 0 unspecified atom stereocenters. The molecule has 1 aliphatic heterocycles. The van der Waals surface area contributed by atoms with Gasteiger partial charge in [0.25, 0.3) is 5.91 Å². The number of hydrogen-bond acceptors (Lipinski definition) is 6. The Kier molecular flexibility index (Phi) is 8.60. The van der Waals surface area contributed by atoms with Gasteiger partial charge in [-0.2, -0.15) is 0 Å². The van der Waals surface area contributed by atoms with E-state index in [-0.39, 0.29) is 54.4 Å². The van der Waals surface area contributed by atoms with Gasteiger partial charge in [-0.25, -0.2) is 0 Å². The zero-order chi connectivity index (χ0) is 23.5. The third kappa shape index (κ3) is 6.10. The van der Waals surface area contributed by atoms with Gasteiger partial charge < -0.3 is 25.6 Å². The normalized spacial score (nSPS) is 17.4. The van der Waals surface area contributed by atoms with Crippen LogP contribution in [-0.2, 0) is 11.2 Å². The van der Waals surface area contributed by atoms with Gasteiger partial charge in [0.05, 0.1) is 5.92 Å². The monoisotopic (exact) mass is 490 g/mol. The largest absolute Gasteiger partial charge is 0.508 e. The molecule has 1 atom stereocenters. The molecular formula is C25H35ClN4O4. The Morgan fingerprint density at radius 1 is 1.21 bits per heavy atom. The van der Waals surface area contributed by atoms with E-state index in [9.17, 15) is 14.7 Å².